The third-order valence-electron chi connectivity index (χ3n) is 4.35. The number of halogens is 1. The van der Waals surface area contributed by atoms with Gasteiger partial charge in [-0.3, -0.25) is 4.79 Å². The van der Waals surface area contributed by atoms with E-state index in [2.05, 4.69) is 15.5 Å². The van der Waals surface area contributed by atoms with Crippen LogP contribution in [0.4, 0.5) is 0 Å². The lowest BCUT2D eigenvalue weighted by Crippen LogP contribution is -2.27. The highest BCUT2D eigenvalue weighted by Gasteiger charge is 2.12. The zero-order valence-electron chi connectivity index (χ0n) is 16.8. The van der Waals surface area contributed by atoms with E-state index in [4.69, 9.17) is 21.1 Å². The number of aromatic nitrogens is 3. The molecule has 0 saturated carbocycles. The number of amides is 1. The maximum atomic E-state index is 12.1. The Morgan fingerprint density at radius 2 is 1.93 bits per heavy atom. The van der Waals surface area contributed by atoms with Crippen LogP contribution in [-0.2, 0) is 24.9 Å². The summed E-state index contributed by atoms with van der Waals surface area (Å²) in [4.78, 5) is 12.1. The van der Waals surface area contributed by atoms with Crippen LogP contribution in [0.15, 0.2) is 53.7 Å². The van der Waals surface area contributed by atoms with Crippen LogP contribution in [0.2, 0.25) is 5.02 Å². The van der Waals surface area contributed by atoms with E-state index in [0.29, 0.717) is 28.3 Å². The van der Waals surface area contributed by atoms with Gasteiger partial charge in [-0.2, -0.15) is 0 Å². The van der Waals surface area contributed by atoms with Gasteiger partial charge in [0, 0.05) is 13.6 Å². The summed E-state index contributed by atoms with van der Waals surface area (Å²) in [7, 11) is 3.48. The van der Waals surface area contributed by atoms with E-state index in [9.17, 15) is 4.79 Å². The molecule has 0 fully saturated rings. The van der Waals surface area contributed by atoms with Crippen molar-refractivity contribution in [3.8, 4) is 11.5 Å². The summed E-state index contributed by atoms with van der Waals surface area (Å²) < 4.78 is 12.7. The van der Waals surface area contributed by atoms with Crippen LogP contribution < -0.4 is 14.8 Å². The van der Waals surface area contributed by atoms with E-state index < -0.39 is 0 Å². The third kappa shape index (κ3) is 6.14. The van der Waals surface area contributed by atoms with Gasteiger partial charge in [-0.1, -0.05) is 47.6 Å². The Morgan fingerprint density at radius 3 is 2.67 bits per heavy atom. The number of para-hydroxylation sites is 1. The maximum absolute atomic E-state index is 12.1. The number of rotatable bonds is 10. The molecule has 158 valence electrons. The number of methoxy groups -OCH3 is 1. The molecule has 2 aromatic carbocycles. The molecule has 3 rings (SSSR count). The number of benzene rings is 2. The Bertz CT molecular complexity index is 979. The van der Waals surface area contributed by atoms with Gasteiger partial charge in [0.25, 0.3) is 0 Å². The predicted octanol–water partition coefficient (Wildman–Crippen LogP) is 3.51. The first kappa shape index (κ1) is 22.0. The highest BCUT2D eigenvalue weighted by Crippen LogP contribution is 2.24. The van der Waals surface area contributed by atoms with Gasteiger partial charge in [0.05, 0.1) is 17.9 Å². The van der Waals surface area contributed by atoms with Crippen LogP contribution in [0.25, 0.3) is 0 Å². The summed E-state index contributed by atoms with van der Waals surface area (Å²) in [5.41, 5.74) is 1.14. The molecular formula is C21H23ClN4O3S. The zero-order valence-corrected chi connectivity index (χ0v) is 18.4. The molecule has 0 aliphatic heterocycles. The molecule has 9 heteroatoms. The van der Waals surface area contributed by atoms with Crippen molar-refractivity contribution >= 4 is 29.3 Å². The Kier molecular flexibility index (Phi) is 7.98. The molecule has 1 aromatic heterocycles. The van der Waals surface area contributed by atoms with E-state index in [0.717, 1.165) is 17.7 Å². The maximum Gasteiger partial charge on any atom is 0.230 e. The lowest BCUT2D eigenvalue weighted by atomic mass is 10.1. The molecule has 0 spiro atoms. The third-order valence-corrected chi connectivity index (χ3v) is 5.68. The van der Waals surface area contributed by atoms with Gasteiger partial charge in [-0.25, -0.2) is 0 Å². The first-order chi connectivity index (χ1) is 14.6. The molecule has 30 heavy (non-hydrogen) atoms. The van der Waals surface area contributed by atoms with E-state index >= 15 is 0 Å². The summed E-state index contributed by atoms with van der Waals surface area (Å²) in [6, 6.07) is 15.1. The molecule has 0 saturated heterocycles. The topological polar surface area (TPSA) is 78.3 Å². The number of hydrogen-bond donors (Lipinski definition) is 1. The van der Waals surface area contributed by atoms with Crippen LogP contribution in [0.1, 0.15) is 11.4 Å². The minimum absolute atomic E-state index is 0.0506. The second kappa shape index (κ2) is 10.9. The van der Waals surface area contributed by atoms with Crippen molar-refractivity contribution in [2.45, 2.75) is 18.2 Å². The quantitative estimate of drug-likeness (QED) is 0.480. The minimum Gasteiger partial charge on any atom is -0.497 e. The van der Waals surface area contributed by atoms with Crippen molar-refractivity contribution in [2.24, 2.45) is 7.05 Å². The van der Waals surface area contributed by atoms with Gasteiger partial charge < -0.3 is 19.4 Å². The fraction of sp³-hybridized carbons (Fsp3) is 0.286. The van der Waals surface area contributed by atoms with Gasteiger partial charge >= 0.3 is 0 Å². The average molecular weight is 447 g/mol. The minimum atomic E-state index is -0.0506. The molecule has 1 N–H and O–H groups in total. The average Bonchev–Trinajstić information content (AvgIpc) is 3.11. The summed E-state index contributed by atoms with van der Waals surface area (Å²) in [6.07, 6.45) is 0.758. The Morgan fingerprint density at radius 1 is 1.17 bits per heavy atom. The SMILES string of the molecule is COc1ccc(CCNC(=O)CSc2nnc(COc3ccccc3Cl)n2C)cc1. The van der Waals surface area contributed by atoms with Gasteiger partial charge in [0.2, 0.25) is 5.91 Å². The summed E-state index contributed by atoms with van der Waals surface area (Å²) >= 11 is 7.42. The largest absolute Gasteiger partial charge is 0.497 e. The summed E-state index contributed by atoms with van der Waals surface area (Å²) in [6.45, 7) is 0.809. The van der Waals surface area contributed by atoms with Crippen LogP contribution in [0.3, 0.4) is 0 Å². The highest BCUT2D eigenvalue weighted by atomic mass is 35.5. The highest BCUT2D eigenvalue weighted by molar-refractivity contribution is 7.99. The molecule has 0 aliphatic carbocycles. The molecule has 3 aromatic rings. The lowest BCUT2D eigenvalue weighted by molar-refractivity contribution is -0.118. The number of nitrogens with zero attached hydrogens (tertiary/aromatic N) is 3. The van der Waals surface area contributed by atoms with Crippen molar-refractivity contribution in [1.29, 1.82) is 0 Å². The standard InChI is InChI=1S/C21H23ClN4O3S/c1-26-19(13-29-18-6-4-3-5-17(18)22)24-25-21(26)30-14-20(27)23-12-11-15-7-9-16(28-2)10-8-15/h3-10H,11-14H2,1-2H3,(H,23,27). The molecule has 0 aliphatic rings. The van der Waals surface area contributed by atoms with E-state index in [1.165, 1.54) is 11.8 Å². The number of carbonyl (C=O) groups excluding carboxylic acids is 1. The molecule has 1 amide bonds. The van der Waals surface area contributed by atoms with Crippen molar-refractivity contribution in [3.05, 3.63) is 64.9 Å². The van der Waals surface area contributed by atoms with E-state index in [1.807, 2.05) is 48.0 Å². The fourth-order valence-electron chi connectivity index (χ4n) is 2.62. The molecule has 0 unspecified atom stereocenters. The molecule has 7 nitrogen and oxygen atoms in total. The van der Waals surface area contributed by atoms with Gasteiger partial charge in [-0.15, -0.1) is 10.2 Å². The molecule has 1 heterocycles. The summed E-state index contributed by atoms with van der Waals surface area (Å²) in [5, 5.41) is 12.4. The van der Waals surface area contributed by atoms with Crippen molar-refractivity contribution < 1.29 is 14.3 Å². The number of thioether (sulfide) groups is 1. The number of hydrogen-bond acceptors (Lipinski definition) is 6. The first-order valence-corrected chi connectivity index (χ1v) is 10.7. The fourth-order valence-corrected chi connectivity index (χ4v) is 3.57. The van der Waals surface area contributed by atoms with Crippen LogP contribution >= 0.6 is 23.4 Å². The van der Waals surface area contributed by atoms with Crippen LogP contribution in [0.5, 0.6) is 11.5 Å². The molecule has 0 atom stereocenters. The number of ether oxygens (including phenoxy) is 2. The monoisotopic (exact) mass is 446 g/mol. The Hall–Kier alpha value is -2.71. The normalized spacial score (nSPS) is 10.6. The number of nitrogens with one attached hydrogen (secondary N) is 1. The Labute approximate surface area is 184 Å². The second-order valence-electron chi connectivity index (χ2n) is 6.41. The smallest absolute Gasteiger partial charge is 0.230 e. The van der Waals surface area contributed by atoms with Gasteiger partial charge in [0.15, 0.2) is 11.0 Å². The van der Waals surface area contributed by atoms with Crippen LogP contribution in [-0.4, -0.2) is 40.1 Å². The first-order valence-electron chi connectivity index (χ1n) is 9.35. The molecule has 0 radical (unpaired) electrons. The molecule has 0 bridgehead atoms. The lowest BCUT2D eigenvalue weighted by Gasteiger charge is -2.08. The van der Waals surface area contributed by atoms with Crippen LogP contribution in [0, 0.1) is 0 Å². The van der Waals surface area contributed by atoms with Crippen molar-refractivity contribution in [2.75, 3.05) is 19.4 Å². The zero-order chi connectivity index (χ0) is 21.3. The molecular weight excluding hydrogens is 424 g/mol. The number of carbonyl (C=O) groups is 1. The predicted molar refractivity (Wildman–Crippen MR) is 117 cm³/mol. The van der Waals surface area contributed by atoms with Crippen molar-refractivity contribution in [3.63, 3.8) is 0 Å². The van der Waals surface area contributed by atoms with Gasteiger partial charge in [0.1, 0.15) is 18.1 Å². The van der Waals surface area contributed by atoms with E-state index in [-0.39, 0.29) is 18.3 Å². The van der Waals surface area contributed by atoms with Crippen molar-refractivity contribution in [1.82, 2.24) is 20.1 Å². The van der Waals surface area contributed by atoms with Gasteiger partial charge in [-0.05, 0) is 36.2 Å². The second-order valence-corrected chi connectivity index (χ2v) is 7.76. The van der Waals surface area contributed by atoms with E-state index in [1.54, 1.807) is 19.2 Å². The summed E-state index contributed by atoms with van der Waals surface area (Å²) in [5.74, 6) is 2.27. The Balaban J connectivity index is 1.41.